The van der Waals surface area contributed by atoms with E-state index < -0.39 is 0 Å². The quantitative estimate of drug-likeness (QED) is 0.732. The molecular formula is C13H10N6O2. The van der Waals surface area contributed by atoms with Gasteiger partial charge in [-0.2, -0.15) is 0 Å². The summed E-state index contributed by atoms with van der Waals surface area (Å²) in [6, 6.07) is 4.34. The van der Waals surface area contributed by atoms with Gasteiger partial charge in [0.2, 0.25) is 5.56 Å². The van der Waals surface area contributed by atoms with Gasteiger partial charge in [0, 0.05) is 30.7 Å². The molecular weight excluding hydrogens is 272 g/mol. The number of amides is 1. The van der Waals surface area contributed by atoms with Crippen LogP contribution in [0.5, 0.6) is 0 Å². The summed E-state index contributed by atoms with van der Waals surface area (Å²) in [6.45, 7) is 0. The van der Waals surface area contributed by atoms with E-state index in [1.807, 2.05) is 0 Å². The molecule has 2 N–H and O–H groups in total. The van der Waals surface area contributed by atoms with Crippen molar-refractivity contribution in [2.75, 3.05) is 5.32 Å². The van der Waals surface area contributed by atoms with Gasteiger partial charge in [0.25, 0.3) is 5.91 Å². The summed E-state index contributed by atoms with van der Waals surface area (Å²) in [5.41, 5.74) is 0.0633. The summed E-state index contributed by atoms with van der Waals surface area (Å²) < 4.78 is 1.69. The summed E-state index contributed by atoms with van der Waals surface area (Å²) in [7, 11) is 0. The highest BCUT2D eigenvalue weighted by molar-refractivity contribution is 6.03. The number of nitrogens with one attached hydrogen (secondary N) is 2. The molecule has 0 aliphatic rings. The Bertz CT molecular complexity index is 804. The zero-order valence-electron chi connectivity index (χ0n) is 10.7. The van der Waals surface area contributed by atoms with Crippen LogP contribution in [0.3, 0.4) is 0 Å². The van der Waals surface area contributed by atoms with Crippen LogP contribution in [0.25, 0.3) is 5.82 Å². The lowest BCUT2D eigenvalue weighted by Gasteiger charge is -2.06. The van der Waals surface area contributed by atoms with Crippen molar-refractivity contribution < 1.29 is 4.79 Å². The molecule has 0 fully saturated rings. The predicted octanol–water partition coefficient (Wildman–Crippen LogP) is 0.603. The number of pyridine rings is 1. The largest absolute Gasteiger partial charge is 0.328 e. The Morgan fingerprint density at radius 1 is 1.29 bits per heavy atom. The second-order valence-electron chi connectivity index (χ2n) is 4.13. The minimum absolute atomic E-state index is 0.268. The third-order valence-corrected chi connectivity index (χ3v) is 2.71. The van der Waals surface area contributed by atoms with Crippen molar-refractivity contribution in [3.05, 3.63) is 65.4 Å². The molecule has 0 bridgehead atoms. The molecule has 0 saturated carbocycles. The summed E-state index contributed by atoms with van der Waals surface area (Å²) in [6.07, 6.45) is 7.64. The van der Waals surface area contributed by atoms with Gasteiger partial charge < -0.3 is 10.3 Å². The molecule has 8 nitrogen and oxygen atoms in total. The number of carbonyl (C=O) groups excluding carboxylic acids is 1. The Labute approximate surface area is 118 Å². The first-order valence-electron chi connectivity index (χ1n) is 6.03. The summed E-state index contributed by atoms with van der Waals surface area (Å²) in [5.74, 6) is 0.561. The molecule has 0 atom stereocenters. The number of aromatic nitrogens is 5. The van der Waals surface area contributed by atoms with Crippen LogP contribution < -0.4 is 10.9 Å². The fourth-order valence-electron chi connectivity index (χ4n) is 1.69. The van der Waals surface area contributed by atoms with Crippen molar-refractivity contribution in [2.24, 2.45) is 0 Å². The van der Waals surface area contributed by atoms with Gasteiger partial charge in [0.1, 0.15) is 24.3 Å². The van der Waals surface area contributed by atoms with E-state index in [0.717, 1.165) is 0 Å². The summed E-state index contributed by atoms with van der Waals surface area (Å²) >= 11 is 0. The van der Waals surface area contributed by atoms with Crippen molar-refractivity contribution in [1.29, 1.82) is 0 Å². The first-order valence-corrected chi connectivity index (χ1v) is 6.03. The van der Waals surface area contributed by atoms with Crippen LogP contribution in [0.1, 0.15) is 10.4 Å². The highest BCUT2D eigenvalue weighted by Crippen LogP contribution is 2.09. The first-order chi connectivity index (χ1) is 10.2. The van der Waals surface area contributed by atoms with Gasteiger partial charge in [0.05, 0.1) is 5.56 Å². The fraction of sp³-hybridized carbons (Fsp3) is 0. The average Bonchev–Trinajstić information content (AvgIpc) is 3.02. The highest BCUT2D eigenvalue weighted by Gasteiger charge is 2.08. The van der Waals surface area contributed by atoms with Crippen LogP contribution in [0.4, 0.5) is 5.82 Å². The zero-order valence-corrected chi connectivity index (χ0v) is 10.7. The van der Waals surface area contributed by atoms with Crippen LogP contribution in [-0.2, 0) is 0 Å². The van der Waals surface area contributed by atoms with Crippen LogP contribution in [-0.4, -0.2) is 30.4 Å². The SMILES string of the molecule is O=C(Nc1cc(-n2ccnc2)ncn1)c1ccc(=O)[nH]c1. The number of H-pyrrole nitrogens is 1. The molecule has 3 rings (SSSR count). The molecule has 3 aromatic heterocycles. The Hall–Kier alpha value is -3.29. The van der Waals surface area contributed by atoms with Gasteiger partial charge in [-0.05, 0) is 6.07 Å². The Morgan fingerprint density at radius 3 is 2.90 bits per heavy atom. The molecule has 3 aromatic rings. The lowest BCUT2D eigenvalue weighted by atomic mass is 10.2. The summed E-state index contributed by atoms with van der Waals surface area (Å²) in [5, 5.41) is 2.63. The Morgan fingerprint density at radius 2 is 2.19 bits per heavy atom. The van der Waals surface area contributed by atoms with Crippen molar-refractivity contribution in [3.8, 4) is 5.82 Å². The molecule has 0 spiro atoms. The minimum Gasteiger partial charge on any atom is -0.328 e. The molecule has 0 aliphatic heterocycles. The lowest BCUT2D eigenvalue weighted by Crippen LogP contribution is -2.15. The number of hydrogen-bond donors (Lipinski definition) is 2. The Balaban J connectivity index is 1.82. The lowest BCUT2D eigenvalue weighted by molar-refractivity contribution is 0.102. The van der Waals surface area contributed by atoms with Gasteiger partial charge in [-0.15, -0.1) is 0 Å². The Kier molecular flexibility index (Phi) is 3.26. The van der Waals surface area contributed by atoms with E-state index >= 15 is 0 Å². The van der Waals surface area contributed by atoms with E-state index in [1.165, 1.54) is 24.7 Å². The average molecular weight is 282 g/mol. The minimum atomic E-state index is -0.374. The first kappa shape index (κ1) is 12.7. The molecule has 0 aromatic carbocycles. The van der Waals surface area contributed by atoms with Gasteiger partial charge in [-0.1, -0.05) is 0 Å². The van der Waals surface area contributed by atoms with Crippen molar-refractivity contribution in [1.82, 2.24) is 24.5 Å². The van der Waals surface area contributed by atoms with E-state index in [0.29, 0.717) is 17.2 Å². The van der Waals surface area contributed by atoms with Gasteiger partial charge >= 0.3 is 0 Å². The number of anilines is 1. The third kappa shape index (κ3) is 2.84. The normalized spacial score (nSPS) is 10.3. The van der Waals surface area contributed by atoms with E-state index in [2.05, 4.69) is 25.3 Å². The molecule has 21 heavy (non-hydrogen) atoms. The number of hydrogen-bond acceptors (Lipinski definition) is 5. The van der Waals surface area contributed by atoms with Crippen LogP contribution in [0, 0.1) is 0 Å². The number of aromatic amines is 1. The molecule has 104 valence electrons. The maximum atomic E-state index is 12.0. The molecule has 0 saturated heterocycles. The van der Waals surface area contributed by atoms with Gasteiger partial charge in [-0.3, -0.25) is 14.2 Å². The van der Waals surface area contributed by atoms with Crippen molar-refractivity contribution in [3.63, 3.8) is 0 Å². The van der Waals surface area contributed by atoms with Crippen LogP contribution in [0.15, 0.2) is 54.2 Å². The third-order valence-electron chi connectivity index (χ3n) is 2.71. The molecule has 0 radical (unpaired) electrons. The maximum absolute atomic E-state index is 12.0. The smallest absolute Gasteiger partial charge is 0.258 e. The maximum Gasteiger partial charge on any atom is 0.258 e. The molecule has 3 heterocycles. The number of rotatable bonds is 3. The second-order valence-corrected chi connectivity index (χ2v) is 4.13. The van der Waals surface area contributed by atoms with Crippen LogP contribution >= 0.6 is 0 Å². The molecule has 0 unspecified atom stereocenters. The fourth-order valence-corrected chi connectivity index (χ4v) is 1.69. The number of carbonyl (C=O) groups is 1. The standard InChI is InChI=1S/C13H10N6O2/c20-12-2-1-9(6-15-12)13(21)18-10-5-11(17-7-16-10)19-4-3-14-8-19/h1-8H,(H,15,20)(H,16,17,18,21). The van der Waals surface area contributed by atoms with Crippen molar-refractivity contribution >= 4 is 11.7 Å². The molecule has 0 aliphatic carbocycles. The topological polar surface area (TPSA) is 106 Å². The van der Waals surface area contributed by atoms with Gasteiger partial charge in [-0.25, -0.2) is 15.0 Å². The van der Waals surface area contributed by atoms with E-state index in [9.17, 15) is 9.59 Å². The predicted molar refractivity (Wildman–Crippen MR) is 74.2 cm³/mol. The van der Waals surface area contributed by atoms with Gasteiger partial charge in [0.15, 0.2) is 0 Å². The van der Waals surface area contributed by atoms with E-state index in [4.69, 9.17) is 0 Å². The number of imidazole rings is 1. The van der Waals surface area contributed by atoms with E-state index in [-0.39, 0.29) is 11.5 Å². The second kappa shape index (κ2) is 5.37. The summed E-state index contributed by atoms with van der Waals surface area (Å²) in [4.78, 5) is 37.4. The van der Waals surface area contributed by atoms with Crippen molar-refractivity contribution in [2.45, 2.75) is 0 Å². The zero-order chi connectivity index (χ0) is 14.7. The molecule has 1 amide bonds. The highest BCUT2D eigenvalue weighted by atomic mass is 16.2. The molecule has 8 heteroatoms. The monoisotopic (exact) mass is 282 g/mol. The van der Waals surface area contributed by atoms with E-state index in [1.54, 1.807) is 29.4 Å². The number of nitrogens with zero attached hydrogens (tertiary/aromatic N) is 4. The van der Waals surface area contributed by atoms with Crippen LogP contribution in [0.2, 0.25) is 0 Å².